The summed E-state index contributed by atoms with van der Waals surface area (Å²) < 4.78 is 12.9. The van der Waals surface area contributed by atoms with Gasteiger partial charge in [-0.2, -0.15) is 9.97 Å². The van der Waals surface area contributed by atoms with Gasteiger partial charge in [-0.25, -0.2) is 4.98 Å². The highest BCUT2D eigenvalue weighted by Gasteiger charge is 2.19. The predicted octanol–water partition coefficient (Wildman–Crippen LogP) is 3.18. The molecule has 1 atom stereocenters. The van der Waals surface area contributed by atoms with Gasteiger partial charge in [0.2, 0.25) is 12.7 Å². The van der Waals surface area contributed by atoms with Gasteiger partial charge in [0.1, 0.15) is 0 Å². The molecule has 1 aliphatic heterocycles. The van der Waals surface area contributed by atoms with Crippen LogP contribution in [0.3, 0.4) is 0 Å². The molecule has 0 fully saturated rings. The number of aliphatic hydroxyl groups is 1. The monoisotopic (exact) mass is 412 g/mol. The van der Waals surface area contributed by atoms with Gasteiger partial charge < -0.3 is 29.8 Å². The maximum Gasteiger partial charge on any atom is 0.231 e. The zero-order valence-corrected chi connectivity index (χ0v) is 17.7. The van der Waals surface area contributed by atoms with Crippen molar-refractivity contribution in [3.05, 3.63) is 30.1 Å². The van der Waals surface area contributed by atoms with Crippen LogP contribution < -0.4 is 20.1 Å². The van der Waals surface area contributed by atoms with Crippen molar-refractivity contribution in [3.63, 3.8) is 0 Å². The number of nitrogens with zero attached hydrogens (tertiary/aromatic N) is 4. The van der Waals surface area contributed by atoms with Crippen molar-refractivity contribution in [2.24, 2.45) is 5.92 Å². The lowest BCUT2D eigenvalue weighted by molar-refractivity contribution is 0.174. The first-order valence-corrected chi connectivity index (χ1v) is 10.2. The average molecular weight is 412 g/mol. The lowest BCUT2D eigenvalue weighted by Crippen LogP contribution is -2.30. The maximum atomic E-state index is 9.70. The van der Waals surface area contributed by atoms with Gasteiger partial charge >= 0.3 is 0 Å². The van der Waals surface area contributed by atoms with Crippen LogP contribution in [-0.4, -0.2) is 44.1 Å². The van der Waals surface area contributed by atoms with Crippen LogP contribution in [0.5, 0.6) is 11.5 Å². The van der Waals surface area contributed by atoms with Gasteiger partial charge in [-0.05, 0) is 37.5 Å². The first-order valence-electron chi connectivity index (χ1n) is 10.2. The Morgan fingerprint density at radius 3 is 2.67 bits per heavy atom. The molecule has 2 aromatic heterocycles. The van der Waals surface area contributed by atoms with Gasteiger partial charge in [0.25, 0.3) is 0 Å². The Morgan fingerprint density at radius 2 is 1.93 bits per heavy atom. The SMILES string of the molecule is CC(C)C(CO)Nc1nc(NCc2ccc3c(c2)OCO3)c2ncn(C(C)C)c2n1. The predicted molar refractivity (Wildman–Crippen MR) is 115 cm³/mol. The van der Waals surface area contributed by atoms with Gasteiger partial charge in [0, 0.05) is 12.6 Å². The number of aliphatic hydroxyl groups excluding tert-OH is 1. The number of ether oxygens (including phenoxy) is 2. The summed E-state index contributed by atoms with van der Waals surface area (Å²) in [5.41, 5.74) is 2.50. The molecule has 30 heavy (non-hydrogen) atoms. The van der Waals surface area contributed by atoms with E-state index in [1.807, 2.05) is 36.6 Å². The summed E-state index contributed by atoms with van der Waals surface area (Å²) in [5, 5.41) is 16.3. The molecule has 3 N–H and O–H groups in total. The molecule has 0 spiro atoms. The fourth-order valence-corrected chi connectivity index (χ4v) is 3.31. The average Bonchev–Trinajstić information content (AvgIpc) is 3.36. The van der Waals surface area contributed by atoms with Crippen LogP contribution in [0.15, 0.2) is 24.5 Å². The Labute approximate surface area is 175 Å². The van der Waals surface area contributed by atoms with Crippen molar-refractivity contribution >= 4 is 22.9 Å². The minimum Gasteiger partial charge on any atom is -0.454 e. The van der Waals surface area contributed by atoms with E-state index in [1.165, 1.54) is 0 Å². The van der Waals surface area contributed by atoms with Crippen LogP contribution in [0.1, 0.15) is 39.3 Å². The maximum absolute atomic E-state index is 9.70. The molecule has 4 rings (SSSR count). The summed E-state index contributed by atoms with van der Waals surface area (Å²) in [6.07, 6.45) is 1.78. The second-order valence-corrected chi connectivity index (χ2v) is 8.03. The molecule has 0 aliphatic carbocycles. The van der Waals surface area contributed by atoms with Crippen LogP contribution in [0.25, 0.3) is 11.2 Å². The number of hydrogen-bond acceptors (Lipinski definition) is 8. The standard InChI is InChI=1S/C21H28N6O3/c1-12(2)15(9-28)24-21-25-19(18-20(26-21)27(10-23-18)13(3)4)22-8-14-5-6-16-17(7-14)30-11-29-16/h5-7,10,12-13,15,28H,8-9,11H2,1-4H3,(H2,22,24,25,26). The number of rotatable bonds is 8. The van der Waals surface area contributed by atoms with Crippen LogP contribution in [0.4, 0.5) is 11.8 Å². The summed E-state index contributed by atoms with van der Waals surface area (Å²) in [6.45, 7) is 9.06. The van der Waals surface area contributed by atoms with Gasteiger partial charge in [-0.1, -0.05) is 19.9 Å². The van der Waals surface area contributed by atoms with E-state index in [4.69, 9.17) is 9.47 Å². The quantitative estimate of drug-likeness (QED) is 0.518. The smallest absolute Gasteiger partial charge is 0.231 e. The molecule has 1 aromatic carbocycles. The third kappa shape index (κ3) is 3.97. The molecular weight excluding hydrogens is 384 g/mol. The van der Waals surface area contributed by atoms with E-state index in [0.29, 0.717) is 23.8 Å². The molecule has 0 saturated heterocycles. The highest BCUT2D eigenvalue weighted by molar-refractivity contribution is 5.84. The van der Waals surface area contributed by atoms with E-state index >= 15 is 0 Å². The molecule has 0 radical (unpaired) electrons. The zero-order chi connectivity index (χ0) is 21.3. The van der Waals surface area contributed by atoms with Crippen molar-refractivity contribution in [3.8, 4) is 11.5 Å². The third-order valence-electron chi connectivity index (χ3n) is 5.19. The van der Waals surface area contributed by atoms with E-state index in [0.717, 1.165) is 22.7 Å². The molecule has 3 aromatic rings. The van der Waals surface area contributed by atoms with Crippen molar-refractivity contribution in [1.29, 1.82) is 0 Å². The van der Waals surface area contributed by atoms with Gasteiger partial charge in [-0.3, -0.25) is 0 Å². The molecule has 160 valence electrons. The first kappa shape index (κ1) is 20.2. The molecule has 1 unspecified atom stereocenters. The molecule has 0 amide bonds. The van der Waals surface area contributed by atoms with Crippen LogP contribution in [0.2, 0.25) is 0 Å². The minimum absolute atomic E-state index is 0.00245. The fourth-order valence-electron chi connectivity index (χ4n) is 3.31. The zero-order valence-electron chi connectivity index (χ0n) is 17.7. The second-order valence-electron chi connectivity index (χ2n) is 8.03. The molecule has 3 heterocycles. The van der Waals surface area contributed by atoms with E-state index in [1.54, 1.807) is 6.33 Å². The number of benzene rings is 1. The number of hydrogen-bond donors (Lipinski definition) is 3. The van der Waals surface area contributed by atoms with E-state index in [9.17, 15) is 5.11 Å². The van der Waals surface area contributed by atoms with Gasteiger partial charge in [-0.15, -0.1) is 0 Å². The number of imidazole rings is 1. The lowest BCUT2D eigenvalue weighted by Gasteiger charge is -2.20. The van der Waals surface area contributed by atoms with Crippen LogP contribution in [-0.2, 0) is 6.54 Å². The Balaban J connectivity index is 1.65. The fraction of sp³-hybridized carbons (Fsp3) is 0.476. The summed E-state index contributed by atoms with van der Waals surface area (Å²) in [7, 11) is 0. The Kier molecular flexibility index (Phi) is 5.63. The lowest BCUT2D eigenvalue weighted by atomic mass is 10.1. The molecule has 0 saturated carbocycles. The number of anilines is 2. The van der Waals surface area contributed by atoms with Gasteiger partial charge in [0.05, 0.1) is 19.0 Å². The largest absolute Gasteiger partial charge is 0.454 e. The van der Waals surface area contributed by atoms with Crippen molar-refractivity contribution < 1.29 is 14.6 Å². The normalized spacial score (nSPS) is 14.0. The topological polar surface area (TPSA) is 106 Å². The molecular formula is C21H28N6O3. The van der Waals surface area contributed by atoms with Crippen LogP contribution in [0, 0.1) is 5.92 Å². The van der Waals surface area contributed by atoms with E-state index < -0.39 is 0 Å². The van der Waals surface area contributed by atoms with Crippen molar-refractivity contribution in [2.45, 2.75) is 46.3 Å². The Bertz CT molecular complexity index is 1030. The number of aromatic nitrogens is 4. The van der Waals surface area contributed by atoms with Crippen molar-refractivity contribution in [1.82, 2.24) is 19.5 Å². The van der Waals surface area contributed by atoms with E-state index in [2.05, 4.69) is 39.4 Å². The first-order chi connectivity index (χ1) is 14.5. The Morgan fingerprint density at radius 1 is 1.13 bits per heavy atom. The highest BCUT2D eigenvalue weighted by atomic mass is 16.7. The summed E-state index contributed by atoms with van der Waals surface area (Å²) in [6, 6.07) is 5.92. The minimum atomic E-state index is -0.139. The molecule has 9 heteroatoms. The van der Waals surface area contributed by atoms with Crippen molar-refractivity contribution in [2.75, 3.05) is 24.0 Å². The number of fused-ring (bicyclic) bond motifs is 2. The Hall–Kier alpha value is -3.07. The summed E-state index contributed by atoms with van der Waals surface area (Å²) in [4.78, 5) is 13.9. The van der Waals surface area contributed by atoms with Gasteiger partial charge in [0.15, 0.2) is 28.5 Å². The number of nitrogens with one attached hydrogen (secondary N) is 2. The molecule has 0 bridgehead atoms. The summed E-state index contributed by atoms with van der Waals surface area (Å²) in [5.74, 6) is 2.84. The molecule has 9 nitrogen and oxygen atoms in total. The van der Waals surface area contributed by atoms with Crippen LogP contribution >= 0.6 is 0 Å². The second kappa shape index (κ2) is 8.35. The van der Waals surface area contributed by atoms with E-state index in [-0.39, 0.29) is 31.4 Å². The third-order valence-corrected chi connectivity index (χ3v) is 5.19. The molecule has 1 aliphatic rings. The highest BCUT2D eigenvalue weighted by Crippen LogP contribution is 2.33. The summed E-state index contributed by atoms with van der Waals surface area (Å²) >= 11 is 0.